The molecule has 1 atom stereocenters. The van der Waals surface area contributed by atoms with Crippen molar-refractivity contribution in [1.82, 2.24) is 0 Å². The Morgan fingerprint density at radius 1 is 1.62 bits per heavy atom. The van der Waals surface area contributed by atoms with E-state index in [1.165, 1.54) is 0 Å². The molecule has 1 nitrogen and oxygen atoms in total. The first kappa shape index (κ1) is 8.47. The Hall–Kier alpha value is 0.467. The Balaban J connectivity index is 3.71. The largest absolute Gasteiger partial charge is 0.422 e. The molecule has 8 heavy (non-hydrogen) atoms. The molecule has 0 aliphatic carbocycles. The van der Waals surface area contributed by atoms with Crippen molar-refractivity contribution in [1.29, 1.82) is 0 Å². The second-order valence-corrected chi connectivity index (χ2v) is 3.49. The van der Waals surface area contributed by atoms with E-state index < -0.39 is 0 Å². The predicted molar refractivity (Wildman–Crippen MR) is 40.4 cm³/mol. The molecule has 0 spiro atoms. The van der Waals surface area contributed by atoms with Gasteiger partial charge in [-0.05, 0) is 20.8 Å². The number of hydrogen-bond acceptors (Lipinski definition) is 1. The van der Waals surface area contributed by atoms with Crippen LogP contribution >= 0.6 is 11.6 Å². The van der Waals surface area contributed by atoms with Crippen molar-refractivity contribution >= 4 is 22.1 Å². The van der Waals surface area contributed by atoms with Gasteiger partial charge in [-0.15, -0.1) is 11.6 Å². The summed E-state index contributed by atoms with van der Waals surface area (Å²) in [6.45, 7) is 5.94. The summed E-state index contributed by atoms with van der Waals surface area (Å²) in [6.07, 6.45) is 0. The molecule has 1 unspecified atom stereocenters. The molecule has 0 heterocycles. The first-order chi connectivity index (χ1) is 3.50. The van der Waals surface area contributed by atoms with E-state index in [4.69, 9.17) is 16.0 Å². The van der Waals surface area contributed by atoms with Gasteiger partial charge in [0.2, 0.25) is 0 Å². The minimum atomic E-state index is -0.131. The molecule has 0 rings (SSSR count). The molecule has 0 fully saturated rings. The van der Waals surface area contributed by atoms with Crippen molar-refractivity contribution in [2.75, 3.05) is 0 Å². The van der Waals surface area contributed by atoms with Gasteiger partial charge in [0, 0.05) is 0 Å². The smallest absolute Gasteiger partial charge is 0.146 e. The molecule has 0 bridgehead atoms. The van der Waals surface area contributed by atoms with E-state index in [0.717, 1.165) is 10.5 Å². The Bertz CT molecular complexity index is 72.8. The van der Waals surface area contributed by atoms with Crippen LogP contribution in [0, 0.1) is 0 Å². The number of hydrogen-bond donors (Lipinski definition) is 0. The van der Waals surface area contributed by atoms with Gasteiger partial charge in [-0.3, -0.25) is 0 Å². The highest BCUT2D eigenvalue weighted by molar-refractivity contribution is 6.21. The molecule has 0 radical (unpaired) electrons. The third-order valence-electron chi connectivity index (χ3n) is 1.48. The molecule has 0 saturated carbocycles. The first-order valence-electron chi connectivity index (χ1n) is 2.70. The van der Waals surface area contributed by atoms with Gasteiger partial charge in [-0.2, -0.15) is 0 Å². The molecular weight excluding hydrogens is 140 g/mol. The van der Waals surface area contributed by atoms with Crippen molar-refractivity contribution < 1.29 is 4.43 Å². The molecule has 0 aromatic rings. The van der Waals surface area contributed by atoms with Gasteiger partial charge in [-0.1, -0.05) is 0 Å². The van der Waals surface area contributed by atoms with E-state index in [0.29, 0.717) is 0 Å². The summed E-state index contributed by atoms with van der Waals surface area (Å²) in [6, 6.07) is 0. The maximum atomic E-state index is 5.77. The van der Waals surface area contributed by atoms with Crippen LogP contribution in [-0.2, 0) is 4.43 Å². The van der Waals surface area contributed by atoms with Gasteiger partial charge in [-0.25, -0.2) is 0 Å². The topological polar surface area (TPSA) is 9.23 Å². The fraction of sp³-hybridized carbons (Fsp3) is 1.00. The van der Waals surface area contributed by atoms with Crippen LogP contribution in [0.4, 0.5) is 0 Å². The lowest BCUT2D eigenvalue weighted by Gasteiger charge is -2.26. The maximum Gasteiger partial charge on any atom is 0.146 e. The SMILES string of the molecule is CC(Cl)C(C)(C)O[SiH3]. The van der Waals surface area contributed by atoms with Crippen LogP contribution in [0.25, 0.3) is 0 Å². The summed E-state index contributed by atoms with van der Waals surface area (Å²) >= 11 is 5.77. The highest BCUT2D eigenvalue weighted by Gasteiger charge is 2.21. The fourth-order valence-electron chi connectivity index (χ4n) is 0.162. The zero-order valence-electron chi connectivity index (χ0n) is 5.86. The van der Waals surface area contributed by atoms with Crippen molar-refractivity contribution in [3.63, 3.8) is 0 Å². The molecule has 0 aromatic carbocycles. The third kappa shape index (κ3) is 2.16. The highest BCUT2D eigenvalue weighted by Crippen LogP contribution is 2.17. The molecule has 0 saturated heterocycles. The Morgan fingerprint density at radius 3 is 2.00 bits per heavy atom. The van der Waals surface area contributed by atoms with Gasteiger partial charge in [0.15, 0.2) is 0 Å². The van der Waals surface area contributed by atoms with E-state index in [9.17, 15) is 0 Å². The summed E-state index contributed by atoms with van der Waals surface area (Å²) < 4.78 is 5.21. The van der Waals surface area contributed by atoms with E-state index >= 15 is 0 Å². The van der Waals surface area contributed by atoms with Gasteiger partial charge in [0.25, 0.3) is 0 Å². The lowest BCUT2D eigenvalue weighted by atomic mass is 10.1. The number of halogens is 1. The fourth-order valence-corrected chi connectivity index (χ4v) is 0.754. The summed E-state index contributed by atoms with van der Waals surface area (Å²) in [5, 5.41) is 0.0972. The Morgan fingerprint density at radius 2 is 2.00 bits per heavy atom. The lowest BCUT2D eigenvalue weighted by Crippen LogP contribution is -2.32. The van der Waals surface area contributed by atoms with Gasteiger partial charge >= 0.3 is 0 Å². The molecule has 3 heteroatoms. The van der Waals surface area contributed by atoms with E-state index in [2.05, 4.69) is 0 Å². The molecule has 0 N–H and O–H groups in total. The summed E-state index contributed by atoms with van der Waals surface area (Å²) in [5.41, 5.74) is -0.131. The summed E-state index contributed by atoms with van der Waals surface area (Å²) in [7, 11) is 0.761. The van der Waals surface area contributed by atoms with Crippen LogP contribution in [0.5, 0.6) is 0 Å². The molecule has 0 aliphatic heterocycles. The van der Waals surface area contributed by atoms with Crippen LogP contribution in [0.1, 0.15) is 20.8 Å². The normalized spacial score (nSPS) is 16.5. The summed E-state index contributed by atoms with van der Waals surface area (Å²) in [5.74, 6) is 0. The quantitative estimate of drug-likeness (QED) is 0.418. The average Bonchev–Trinajstić information content (AvgIpc) is 1.67. The number of alkyl halides is 1. The van der Waals surface area contributed by atoms with Crippen LogP contribution < -0.4 is 0 Å². The monoisotopic (exact) mass is 152 g/mol. The maximum absolute atomic E-state index is 5.77. The van der Waals surface area contributed by atoms with E-state index in [1.54, 1.807) is 0 Å². The number of rotatable bonds is 2. The molecule has 0 aromatic heterocycles. The minimum Gasteiger partial charge on any atom is -0.422 e. The van der Waals surface area contributed by atoms with Gasteiger partial charge in [0.05, 0.1) is 11.0 Å². The second-order valence-electron chi connectivity index (χ2n) is 2.42. The second kappa shape index (κ2) is 2.85. The molecular formula is C5H13ClOSi. The van der Waals surface area contributed by atoms with Gasteiger partial charge < -0.3 is 4.43 Å². The zero-order chi connectivity index (χ0) is 6.78. The van der Waals surface area contributed by atoms with E-state index in [1.807, 2.05) is 20.8 Å². The molecule has 0 aliphatic rings. The van der Waals surface area contributed by atoms with Crippen LogP contribution in [0.2, 0.25) is 0 Å². The van der Waals surface area contributed by atoms with Crippen LogP contribution in [-0.4, -0.2) is 21.5 Å². The molecule has 0 amide bonds. The van der Waals surface area contributed by atoms with Crippen LogP contribution in [0.15, 0.2) is 0 Å². The van der Waals surface area contributed by atoms with Crippen molar-refractivity contribution in [2.45, 2.75) is 31.7 Å². The van der Waals surface area contributed by atoms with Crippen molar-refractivity contribution in [2.24, 2.45) is 0 Å². The van der Waals surface area contributed by atoms with Crippen molar-refractivity contribution in [3.05, 3.63) is 0 Å². The Kier molecular flexibility index (Phi) is 3.02. The van der Waals surface area contributed by atoms with Crippen molar-refractivity contribution in [3.8, 4) is 0 Å². The first-order valence-corrected chi connectivity index (χ1v) is 3.95. The lowest BCUT2D eigenvalue weighted by molar-refractivity contribution is 0.123. The predicted octanol–water partition coefficient (Wildman–Crippen LogP) is 0.689. The Labute approximate surface area is 58.9 Å². The molecule has 50 valence electrons. The third-order valence-corrected chi connectivity index (χ3v) is 3.06. The average molecular weight is 153 g/mol. The standard InChI is InChI=1S/C5H13ClOSi/c1-4(6)5(2,3)7-8/h4H,1-3,8H3. The highest BCUT2D eigenvalue weighted by atomic mass is 35.5. The van der Waals surface area contributed by atoms with Gasteiger partial charge in [0.1, 0.15) is 10.5 Å². The minimum absolute atomic E-state index is 0.0972. The summed E-state index contributed by atoms with van der Waals surface area (Å²) in [4.78, 5) is 0. The van der Waals surface area contributed by atoms with E-state index in [-0.39, 0.29) is 11.0 Å². The van der Waals surface area contributed by atoms with Crippen LogP contribution in [0.3, 0.4) is 0 Å². The zero-order valence-corrected chi connectivity index (χ0v) is 8.62.